The van der Waals surface area contributed by atoms with Crippen molar-refractivity contribution in [1.82, 2.24) is 10.2 Å². The number of carbonyl (C=O) groups is 2. The molecular formula is C8H14N2O4. The van der Waals surface area contributed by atoms with Crippen molar-refractivity contribution in [3.05, 3.63) is 0 Å². The first-order valence-corrected chi connectivity index (χ1v) is 4.51. The molecule has 14 heavy (non-hydrogen) atoms. The zero-order valence-corrected chi connectivity index (χ0v) is 7.86. The number of amides is 1. The van der Waals surface area contributed by atoms with Crippen LogP contribution in [0.3, 0.4) is 0 Å². The number of carboxylic acids is 1. The van der Waals surface area contributed by atoms with Crippen LogP contribution in [0.25, 0.3) is 0 Å². The lowest BCUT2D eigenvalue weighted by molar-refractivity contribution is -0.150. The van der Waals surface area contributed by atoms with Crippen LogP contribution >= 0.6 is 0 Å². The highest BCUT2D eigenvalue weighted by molar-refractivity contribution is 6.31. The van der Waals surface area contributed by atoms with Crippen molar-refractivity contribution in [2.75, 3.05) is 39.4 Å². The Morgan fingerprint density at radius 3 is 2.57 bits per heavy atom. The van der Waals surface area contributed by atoms with Crippen LogP contribution in [0, 0.1) is 0 Å². The quantitative estimate of drug-likeness (QED) is 0.546. The molecule has 0 spiro atoms. The van der Waals surface area contributed by atoms with Gasteiger partial charge in [-0.15, -0.1) is 0 Å². The Morgan fingerprint density at radius 2 is 2.00 bits per heavy atom. The lowest BCUT2D eigenvalue weighted by Crippen LogP contribution is -2.42. The summed E-state index contributed by atoms with van der Waals surface area (Å²) in [5.41, 5.74) is 0. The van der Waals surface area contributed by atoms with Crippen molar-refractivity contribution >= 4 is 11.9 Å². The molecular weight excluding hydrogens is 188 g/mol. The first-order chi connectivity index (χ1) is 6.70. The van der Waals surface area contributed by atoms with E-state index in [4.69, 9.17) is 9.84 Å². The van der Waals surface area contributed by atoms with Crippen LogP contribution in [0.1, 0.15) is 0 Å². The zero-order valence-electron chi connectivity index (χ0n) is 7.86. The van der Waals surface area contributed by atoms with E-state index >= 15 is 0 Å². The third-order valence-corrected chi connectivity index (χ3v) is 2.01. The van der Waals surface area contributed by atoms with E-state index in [-0.39, 0.29) is 0 Å². The Bertz CT molecular complexity index is 213. The monoisotopic (exact) mass is 202 g/mol. The summed E-state index contributed by atoms with van der Waals surface area (Å²) in [6, 6.07) is 0. The van der Waals surface area contributed by atoms with Gasteiger partial charge < -0.3 is 15.2 Å². The second-order valence-corrected chi connectivity index (χ2v) is 3.02. The minimum atomic E-state index is -1.44. The van der Waals surface area contributed by atoms with E-state index in [1.54, 1.807) is 0 Å². The number of carbonyl (C=O) groups excluding carboxylic acids is 1. The number of aliphatic carboxylic acids is 1. The van der Waals surface area contributed by atoms with Crippen molar-refractivity contribution in [3.8, 4) is 0 Å². The van der Waals surface area contributed by atoms with Crippen molar-refractivity contribution in [3.63, 3.8) is 0 Å². The second kappa shape index (κ2) is 5.56. The molecule has 2 N–H and O–H groups in total. The van der Waals surface area contributed by atoms with Gasteiger partial charge >= 0.3 is 11.9 Å². The Balaban J connectivity index is 2.08. The summed E-state index contributed by atoms with van der Waals surface area (Å²) in [5.74, 6) is -2.38. The van der Waals surface area contributed by atoms with Gasteiger partial charge in [0.2, 0.25) is 0 Å². The average molecular weight is 202 g/mol. The van der Waals surface area contributed by atoms with Crippen LogP contribution in [-0.2, 0) is 14.3 Å². The fraction of sp³-hybridized carbons (Fsp3) is 0.750. The summed E-state index contributed by atoms with van der Waals surface area (Å²) in [6.07, 6.45) is 0. The molecule has 1 aliphatic heterocycles. The van der Waals surface area contributed by atoms with Crippen LogP contribution in [0.2, 0.25) is 0 Å². The molecule has 80 valence electrons. The number of carboxylic acid groups (broad SMARTS) is 1. The maximum atomic E-state index is 10.6. The highest BCUT2D eigenvalue weighted by Gasteiger charge is 2.12. The molecule has 0 atom stereocenters. The number of morpholine rings is 1. The smallest absolute Gasteiger partial charge is 0.394 e. The SMILES string of the molecule is O=C(O)C(=O)NCCN1CCOCC1. The van der Waals surface area contributed by atoms with Gasteiger partial charge in [-0.1, -0.05) is 0 Å². The van der Waals surface area contributed by atoms with E-state index < -0.39 is 11.9 Å². The second-order valence-electron chi connectivity index (χ2n) is 3.02. The molecule has 0 aromatic rings. The molecule has 6 heteroatoms. The molecule has 1 heterocycles. The van der Waals surface area contributed by atoms with E-state index in [9.17, 15) is 9.59 Å². The van der Waals surface area contributed by atoms with E-state index in [1.807, 2.05) is 0 Å². The van der Waals surface area contributed by atoms with Crippen LogP contribution < -0.4 is 5.32 Å². The van der Waals surface area contributed by atoms with Crippen molar-refractivity contribution < 1.29 is 19.4 Å². The summed E-state index contributed by atoms with van der Waals surface area (Å²) in [5, 5.41) is 10.6. The molecule has 1 saturated heterocycles. The fourth-order valence-corrected chi connectivity index (χ4v) is 1.23. The molecule has 1 rings (SSSR count). The molecule has 0 aromatic carbocycles. The summed E-state index contributed by atoms with van der Waals surface area (Å²) in [7, 11) is 0. The molecule has 0 saturated carbocycles. The highest BCUT2D eigenvalue weighted by atomic mass is 16.5. The van der Waals surface area contributed by atoms with E-state index in [1.165, 1.54) is 0 Å². The summed E-state index contributed by atoms with van der Waals surface area (Å²) < 4.78 is 5.14. The number of ether oxygens (including phenoxy) is 1. The van der Waals surface area contributed by atoms with Gasteiger partial charge in [0.1, 0.15) is 0 Å². The van der Waals surface area contributed by atoms with E-state index in [2.05, 4.69) is 10.2 Å². The van der Waals surface area contributed by atoms with Gasteiger partial charge in [-0.25, -0.2) is 4.79 Å². The van der Waals surface area contributed by atoms with Gasteiger partial charge in [0.25, 0.3) is 0 Å². The third-order valence-electron chi connectivity index (χ3n) is 2.01. The fourth-order valence-electron chi connectivity index (χ4n) is 1.23. The molecule has 1 fully saturated rings. The Kier molecular flexibility index (Phi) is 4.34. The summed E-state index contributed by atoms with van der Waals surface area (Å²) in [4.78, 5) is 22.9. The van der Waals surface area contributed by atoms with Crippen LogP contribution in [0.5, 0.6) is 0 Å². The number of rotatable bonds is 3. The lowest BCUT2D eigenvalue weighted by Gasteiger charge is -2.26. The van der Waals surface area contributed by atoms with Crippen LogP contribution in [0.4, 0.5) is 0 Å². The molecule has 1 amide bonds. The Labute approximate surface area is 81.8 Å². The molecule has 6 nitrogen and oxygen atoms in total. The summed E-state index contributed by atoms with van der Waals surface area (Å²) >= 11 is 0. The molecule has 0 radical (unpaired) electrons. The molecule has 0 aromatic heterocycles. The van der Waals surface area contributed by atoms with E-state index in [0.29, 0.717) is 26.3 Å². The standard InChI is InChI=1S/C8H14N2O4/c11-7(8(12)13)9-1-2-10-3-5-14-6-4-10/h1-6H2,(H,9,11)(H,12,13). The van der Waals surface area contributed by atoms with Crippen LogP contribution in [0.15, 0.2) is 0 Å². The van der Waals surface area contributed by atoms with Gasteiger partial charge in [0, 0.05) is 26.2 Å². The topological polar surface area (TPSA) is 78.9 Å². The largest absolute Gasteiger partial charge is 0.474 e. The Hall–Kier alpha value is -1.14. The highest BCUT2D eigenvalue weighted by Crippen LogP contribution is 1.94. The van der Waals surface area contributed by atoms with Crippen LogP contribution in [-0.4, -0.2) is 61.3 Å². The first-order valence-electron chi connectivity index (χ1n) is 4.51. The predicted molar refractivity (Wildman–Crippen MR) is 47.9 cm³/mol. The molecule has 0 bridgehead atoms. The maximum absolute atomic E-state index is 10.6. The number of nitrogens with zero attached hydrogens (tertiary/aromatic N) is 1. The minimum Gasteiger partial charge on any atom is -0.474 e. The lowest BCUT2D eigenvalue weighted by atomic mass is 10.4. The summed E-state index contributed by atoms with van der Waals surface area (Å²) in [6.45, 7) is 4.11. The molecule has 1 aliphatic rings. The first kappa shape index (κ1) is 10.9. The van der Waals surface area contributed by atoms with Gasteiger partial charge in [0.15, 0.2) is 0 Å². The zero-order chi connectivity index (χ0) is 10.4. The predicted octanol–water partition coefficient (Wildman–Crippen LogP) is -1.48. The normalized spacial score (nSPS) is 17.7. The average Bonchev–Trinajstić information content (AvgIpc) is 2.19. The Morgan fingerprint density at radius 1 is 1.36 bits per heavy atom. The van der Waals surface area contributed by atoms with Gasteiger partial charge in [-0.2, -0.15) is 0 Å². The van der Waals surface area contributed by atoms with E-state index in [0.717, 1.165) is 13.1 Å². The molecule has 0 aliphatic carbocycles. The number of hydrogen-bond donors (Lipinski definition) is 2. The number of nitrogens with one attached hydrogen (secondary N) is 1. The van der Waals surface area contributed by atoms with Crippen molar-refractivity contribution in [1.29, 1.82) is 0 Å². The maximum Gasteiger partial charge on any atom is 0.394 e. The van der Waals surface area contributed by atoms with Crippen molar-refractivity contribution in [2.24, 2.45) is 0 Å². The third kappa shape index (κ3) is 3.71. The van der Waals surface area contributed by atoms with Crippen molar-refractivity contribution in [2.45, 2.75) is 0 Å². The number of hydrogen-bond acceptors (Lipinski definition) is 4. The van der Waals surface area contributed by atoms with Gasteiger partial charge in [-0.05, 0) is 0 Å². The van der Waals surface area contributed by atoms with Gasteiger partial charge in [-0.3, -0.25) is 9.69 Å². The molecule has 0 unspecified atom stereocenters. The van der Waals surface area contributed by atoms with Gasteiger partial charge in [0.05, 0.1) is 13.2 Å². The minimum absolute atomic E-state index is 0.366.